The molecule has 0 unspecified atom stereocenters. The summed E-state index contributed by atoms with van der Waals surface area (Å²) in [4.78, 5) is 1.59. The van der Waals surface area contributed by atoms with Gasteiger partial charge in [-0.05, 0) is 93.8 Å². The van der Waals surface area contributed by atoms with E-state index in [1.165, 1.54) is 83.7 Å². The van der Waals surface area contributed by atoms with Crippen LogP contribution >= 0.6 is 0 Å². The van der Waals surface area contributed by atoms with Gasteiger partial charge in [0.25, 0.3) is 0 Å². The van der Waals surface area contributed by atoms with Crippen LogP contribution < -0.4 is 4.90 Å². The number of aliphatic hydroxyl groups excluding tert-OH is 1. The Morgan fingerprint density at radius 1 is 0.917 bits per heavy atom. The molecule has 24 heavy (non-hydrogen) atoms. The summed E-state index contributed by atoms with van der Waals surface area (Å²) in [5.41, 5.74) is 0.621. The maximum Gasteiger partial charge on any atom is 0.126 e. The summed E-state index contributed by atoms with van der Waals surface area (Å²) >= 11 is 0. The highest BCUT2D eigenvalue weighted by molar-refractivity contribution is 5.01. The second-order valence-corrected chi connectivity index (χ2v) is 9.76. The molecule has 5 aliphatic rings. The van der Waals surface area contributed by atoms with Crippen molar-refractivity contribution in [2.24, 2.45) is 23.2 Å². The molecule has 0 aromatic heterocycles. The van der Waals surface area contributed by atoms with Gasteiger partial charge < -0.3 is 14.7 Å². The van der Waals surface area contributed by atoms with E-state index in [2.05, 4.69) is 0 Å². The first kappa shape index (κ1) is 17.3. The number of likely N-dealkylation sites (tertiary alicyclic amines) is 1. The number of rotatable bonds is 7. The number of quaternary nitrogens is 1. The fourth-order valence-corrected chi connectivity index (χ4v) is 6.93. The minimum atomic E-state index is -0.269. The van der Waals surface area contributed by atoms with Gasteiger partial charge in [0, 0.05) is 6.61 Å². The van der Waals surface area contributed by atoms with Gasteiger partial charge in [-0.3, -0.25) is 0 Å². The Hall–Kier alpha value is -0.120. The van der Waals surface area contributed by atoms with Gasteiger partial charge in [-0.1, -0.05) is 0 Å². The molecule has 1 saturated heterocycles. The van der Waals surface area contributed by atoms with Crippen molar-refractivity contribution in [3.05, 3.63) is 0 Å². The molecule has 1 heterocycles. The topological polar surface area (TPSA) is 33.9 Å². The zero-order chi connectivity index (χ0) is 16.4. The monoisotopic (exact) mass is 336 g/mol. The maximum absolute atomic E-state index is 10.3. The smallest absolute Gasteiger partial charge is 0.126 e. The van der Waals surface area contributed by atoms with Crippen molar-refractivity contribution in [1.82, 2.24) is 0 Å². The molecule has 4 bridgehead atoms. The van der Waals surface area contributed by atoms with E-state index in [-0.39, 0.29) is 6.10 Å². The van der Waals surface area contributed by atoms with Crippen molar-refractivity contribution in [2.45, 2.75) is 76.7 Å². The molecule has 0 radical (unpaired) electrons. The summed E-state index contributed by atoms with van der Waals surface area (Å²) in [7, 11) is 0. The first-order valence-electron chi connectivity index (χ1n) is 10.8. The predicted molar refractivity (Wildman–Crippen MR) is 96.1 cm³/mol. The van der Waals surface area contributed by atoms with E-state index in [1.807, 2.05) is 0 Å². The Balaban J connectivity index is 1.15. The Bertz CT molecular complexity index is 367. The molecule has 1 aliphatic heterocycles. The summed E-state index contributed by atoms with van der Waals surface area (Å²) in [5.74, 6) is 3.11. The average Bonchev–Trinajstić information content (AvgIpc) is 2.79. The Labute approximate surface area is 148 Å². The lowest BCUT2D eigenvalue weighted by Crippen LogP contribution is -3.13. The molecule has 0 aromatic carbocycles. The van der Waals surface area contributed by atoms with Crippen molar-refractivity contribution in [3.63, 3.8) is 0 Å². The molecule has 0 amide bonds. The van der Waals surface area contributed by atoms with Gasteiger partial charge >= 0.3 is 0 Å². The van der Waals surface area contributed by atoms with Crippen LogP contribution in [0, 0.1) is 23.2 Å². The lowest BCUT2D eigenvalue weighted by molar-refractivity contribution is -0.902. The van der Waals surface area contributed by atoms with Gasteiger partial charge in [0.2, 0.25) is 0 Å². The van der Waals surface area contributed by atoms with E-state index >= 15 is 0 Å². The second kappa shape index (κ2) is 7.63. The molecule has 3 heteroatoms. The number of hydrogen-bond donors (Lipinski definition) is 2. The highest BCUT2D eigenvalue weighted by Crippen LogP contribution is 2.61. The minimum Gasteiger partial charge on any atom is -0.385 e. The van der Waals surface area contributed by atoms with Crippen molar-refractivity contribution >= 4 is 0 Å². The molecule has 138 valence electrons. The van der Waals surface area contributed by atoms with Crippen LogP contribution in [-0.2, 0) is 4.74 Å². The molecular formula is C21H38NO2+. The number of hydrogen-bond acceptors (Lipinski definition) is 2. The molecule has 0 aromatic rings. The zero-order valence-electron chi connectivity index (χ0n) is 15.5. The summed E-state index contributed by atoms with van der Waals surface area (Å²) < 4.78 is 5.94. The van der Waals surface area contributed by atoms with Crippen LogP contribution in [0.5, 0.6) is 0 Å². The third-order valence-electron chi connectivity index (χ3n) is 7.59. The van der Waals surface area contributed by atoms with Crippen LogP contribution in [0.3, 0.4) is 0 Å². The molecule has 5 fully saturated rings. The minimum absolute atomic E-state index is 0.269. The van der Waals surface area contributed by atoms with E-state index in [4.69, 9.17) is 4.74 Å². The van der Waals surface area contributed by atoms with Crippen LogP contribution in [0.25, 0.3) is 0 Å². The fourth-order valence-electron chi connectivity index (χ4n) is 6.93. The van der Waals surface area contributed by atoms with E-state index in [0.717, 1.165) is 30.9 Å². The molecule has 4 saturated carbocycles. The number of nitrogens with one attached hydrogen (secondary N) is 1. The van der Waals surface area contributed by atoms with Crippen molar-refractivity contribution < 1.29 is 14.7 Å². The second-order valence-electron chi connectivity index (χ2n) is 9.76. The third kappa shape index (κ3) is 4.16. The lowest BCUT2D eigenvalue weighted by Gasteiger charge is -2.57. The van der Waals surface area contributed by atoms with Gasteiger partial charge in [0.05, 0.1) is 19.7 Å². The van der Waals surface area contributed by atoms with Crippen LogP contribution in [0.1, 0.15) is 70.6 Å². The van der Waals surface area contributed by atoms with Crippen molar-refractivity contribution in [1.29, 1.82) is 0 Å². The molecule has 0 spiro atoms. The van der Waals surface area contributed by atoms with E-state index < -0.39 is 0 Å². The average molecular weight is 337 g/mol. The van der Waals surface area contributed by atoms with Gasteiger partial charge in [-0.15, -0.1) is 0 Å². The van der Waals surface area contributed by atoms with Crippen LogP contribution in [0.15, 0.2) is 0 Å². The summed E-state index contributed by atoms with van der Waals surface area (Å²) in [6.07, 6.45) is 15.4. The van der Waals surface area contributed by atoms with Gasteiger partial charge in [-0.25, -0.2) is 0 Å². The van der Waals surface area contributed by atoms with Gasteiger partial charge in [-0.2, -0.15) is 0 Å². The summed E-state index contributed by atoms with van der Waals surface area (Å²) in [5, 5.41) is 10.3. The quantitative estimate of drug-likeness (QED) is 0.700. The van der Waals surface area contributed by atoms with Crippen LogP contribution in [-0.4, -0.2) is 44.1 Å². The molecule has 2 N–H and O–H groups in total. The van der Waals surface area contributed by atoms with E-state index in [1.54, 1.807) is 4.90 Å². The maximum atomic E-state index is 10.3. The van der Waals surface area contributed by atoms with Crippen LogP contribution in [0.2, 0.25) is 0 Å². The third-order valence-corrected chi connectivity index (χ3v) is 7.59. The molecule has 3 nitrogen and oxygen atoms in total. The van der Waals surface area contributed by atoms with E-state index in [9.17, 15) is 5.11 Å². The van der Waals surface area contributed by atoms with Crippen molar-refractivity contribution in [3.8, 4) is 0 Å². The molecule has 4 aliphatic carbocycles. The van der Waals surface area contributed by atoms with Crippen LogP contribution in [0.4, 0.5) is 0 Å². The first-order valence-corrected chi connectivity index (χ1v) is 10.8. The highest BCUT2D eigenvalue weighted by atomic mass is 16.5. The van der Waals surface area contributed by atoms with E-state index in [0.29, 0.717) is 12.0 Å². The zero-order valence-corrected chi connectivity index (χ0v) is 15.5. The van der Waals surface area contributed by atoms with Gasteiger partial charge in [0.15, 0.2) is 0 Å². The first-order chi connectivity index (χ1) is 11.7. The highest BCUT2D eigenvalue weighted by Gasteiger charge is 2.50. The normalized spacial score (nSPS) is 40.6. The lowest BCUT2D eigenvalue weighted by atomic mass is 9.49. The number of ether oxygens (including phenoxy) is 1. The summed E-state index contributed by atoms with van der Waals surface area (Å²) in [6, 6.07) is 0. The Kier molecular flexibility index (Phi) is 5.50. The largest absolute Gasteiger partial charge is 0.385 e. The molecular weight excluding hydrogens is 298 g/mol. The Morgan fingerprint density at radius 2 is 1.50 bits per heavy atom. The van der Waals surface area contributed by atoms with Crippen molar-refractivity contribution in [2.75, 3.05) is 32.8 Å². The number of aliphatic hydroxyl groups is 1. The van der Waals surface area contributed by atoms with Gasteiger partial charge in [0.1, 0.15) is 12.6 Å². The standard InChI is InChI=1S/C21H37NO2/c23-20(15-22-6-3-1-2-4-7-22)16-24-8-5-21-12-17-9-18(13-21)11-19(10-17)14-21/h17-20,23H,1-16H2/p+1/t17?,18?,19?,20-,21?/m1/s1. The molecule has 5 rings (SSSR count). The Morgan fingerprint density at radius 3 is 2.08 bits per heavy atom. The SMILES string of the molecule is O[C@@H](COCCC12CC3CC(CC(C3)C1)C2)C[NH+]1CCCCCC1. The molecule has 1 atom stereocenters. The predicted octanol–water partition coefficient (Wildman–Crippen LogP) is 2.43. The summed E-state index contributed by atoms with van der Waals surface area (Å²) in [6.45, 7) is 4.79. The fraction of sp³-hybridized carbons (Fsp3) is 1.00.